The highest BCUT2D eigenvalue weighted by molar-refractivity contribution is 14.1. The monoisotopic (exact) mass is 656 g/mol. The van der Waals surface area contributed by atoms with Gasteiger partial charge < -0.3 is 19.5 Å². The van der Waals surface area contributed by atoms with Crippen molar-refractivity contribution >= 4 is 41.5 Å². The van der Waals surface area contributed by atoms with Crippen LogP contribution in [0.3, 0.4) is 0 Å². The Kier molecular flexibility index (Phi) is 7.71. The number of rotatable bonds is 5. The van der Waals surface area contributed by atoms with E-state index in [4.69, 9.17) is 9.39 Å². The van der Waals surface area contributed by atoms with Crippen molar-refractivity contribution in [2.24, 2.45) is 17.8 Å². The van der Waals surface area contributed by atoms with Gasteiger partial charge in [-0.1, -0.05) is 35.9 Å². The molecule has 8 nitrogen and oxygen atoms in total. The van der Waals surface area contributed by atoms with Crippen molar-refractivity contribution in [3.8, 4) is 11.5 Å². The third-order valence-electron chi connectivity index (χ3n) is 9.20. The Balaban J connectivity index is 1.21. The number of methoxy groups -OCH3 is 1. The lowest BCUT2D eigenvalue weighted by Crippen LogP contribution is -2.48. The lowest BCUT2D eigenvalue weighted by atomic mass is 9.55. The Labute approximate surface area is 248 Å². The maximum atomic E-state index is 14.0. The summed E-state index contributed by atoms with van der Waals surface area (Å²) < 4.78 is 12.0. The fourth-order valence-electron chi connectivity index (χ4n) is 7.27. The van der Waals surface area contributed by atoms with Crippen LogP contribution in [-0.2, 0) is 20.8 Å². The van der Waals surface area contributed by atoms with Gasteiger partial charge in [-0.15, -0.1) is 0 Å². The van der Waals surface area contributed by atoms with Crippen LogP contribution in [-0.4, -0.2) is 65.1 Å². The van der Waals surface area contributed by atoms with Crippen LogP contribution in [0.1, 0.15) is 49.8 Å². The predicted molar refractivity (Wildman–Crippen MR) is 158 cm³/mol. The third kappa shape index (κ3) is 4.86. The first-order valence-electron chi connectivity index (χ1n) is 14.0. The number of imide groups is 1. The van der Waals surface area contributed by atoms with Crippen LogP contribution < -0.4 is 4.74 Å². The van der Waals surface area contributed by atoms with Crippen LogP contribution in [0, 0.1) is 21.3 Å². The van der Waals surface area contributed by atoms with E-state index in [0.29, 0.717) is 22.2 Å². The minimum absolute atomic E-state index is 0.0550. The normalized spacial score (nSPS) is 27.7. The third-order valence-corrected chi connectivity index (χ3v) is 10.0. The van der Waals surface area contributed by atoms with E-state index in [-0.39, 0.29) is 29.5 Å². The van der Waals surface area contributed by atoms with Gasteiger partial charge in [-0.25, -0.2) is 0 Å². The van der Waals surface area contributed by atoms with Crippen molar-refractivity contribution in [2.45, 2.75) is 51.3 Å². The molecule has 210 valence electrons. The summed E-state index contributed by atoms with van der Waals surface area (Å²) in [5.74, 6) is -0.956. The maximum Gasteiger partial charge on any atom is 0.487 e. The number of carbonyl (C=O) groups is 2. The molecule has 3 saturated heterocycles. The molecule has 4 atom stereocenters. The molecule has 2 aromatic carbocycles. The lowest BCUT2D eigenvalue weighted by molar-refractivity contribution is -0.144. The van der Waals surface area contributed by atoms with Crippen molar-refractivity contribution in [3.05, 3.63) is 68.2 Å². The SMILES string of the molecule is COc1cc([C@@H]2C[C@@H]3C(=C(C)C[C@@H]4C(=O)N(C5CCN(Cc6ccccc6)CC5)C(=O)[C@@H]43)B(O)O2)cc(I)c1O. The van der Waals surface area contributed by atoms with Crippen molar-refractivity contribution in [3.63, 3.8) is 0 Å². The summed E-state index contributed by atoms with van der Waals surface area (Å²) in [6, 6.07) is 13.8. The number of hydrogen-bond acceptors (Lipinski definition) is 7. The number of allylic oxidation sites excluding steroid dienone is 2. The molecule has 2 N–H and O–H groups in total. The van der Waals surface area contributed by atoms with Crippen LogP contribution >= 0.6 is 22.6 Å². The quantitative estimate of drug-likeness (QED) is 0.285. The molecule has 6 rings (SSSR count). The number of nitrogens with zero attached hydrogens (tertiary/aromatic N) is 2. The first-order chi connectivity index (χ1) is 19.3. The number of phenols is 1. The van der Waals surface area contributed by atoms with Crippen LogP contribution in [0.2, 0.25) is 0 Å². The van der Waals surface area contributed by atoms with E-state index in [2.05, 4.69) is 17.0 Å². The van der Waals surface area contributed by atoms with Crippen molar-refractivity contribution < 1.29 is 29.1 Å². The molecule has 3 heterocycles. The van der Waals surface area contributed by atoms with Gasteiger partial charge in [-0.05, 0) is 89.8 Å². The Hall–Kier alpha value is -2.41. The zero-order valence-corrected chi connectivity index (χ0v) is 24.9. The van der Waals surface area contributed by atoms with E-state index in [1.807, 2.05) is 53.8 Å². The minimum Gasteiger partial charge on any atom is -0.504 e. The van der Waals surface area contributed by atoms with Gasteiger partial charge in [-0.2, -0.15) is 0 Å². The van der Waals surface area contributed by atoms with Crippen LogP contribution in [0.5, 0.6) is 11.5 Å². The Morgan fingerprint density at radius 1 is 1.10 bits per heavy atom. The van der Waals surface area contributed by atoms with Gasteiger partial charge in [-0.3, -0.25) is 19.4 Å². The molecule has 0 aromatic heterocycles. The largest absolute Gasteiger partial charge is 0.504 e. The second-order valence-corrected chi connectivity index (χ2v) is 12.6. The van der Waals surface area contributed by atoms with Gasteiger partial charge in [0.25, 0.3) is 0 Å². The van der Waals surface area contributed by atoms with Crippen LogP contribution in [0.25, 0.3) is 0 Å². The molecule has 0 bridgehead atoms. The number of aromatic hydroxyl groups is 1. The topological polar surface area (TPSA) is 99.5 Å². The number of benzene rings is 2. The molecule has 2 amide bonds. The Morgan fingerprint density at radius 2 is 1.82 bits per heavy atom. The van der Waals surface area contributed by atoms with Gasteiger partial charge in [0.1, 0.15) is 0 Å². The molecule has 0 radical (unpaired) electrons. The molecule has 0 saturated carbocycles. The molecule has 1 aliphatic carbocycles. The Bertz CT molecular complexity index is 1350. The molecule has 4 aliphatic rings. The van der Waals surface area contributed by atoms with Gasteiger partial charge >= 0.3 is 7.12 Å². The molecule has 2 aromatic rings. The van der Waals surface area contributed by atoms with Crippen molar-refractivity contribution in [2.75, 3.05) is 20.2 Å². The van der Waals surface area contributed by atoms with E-state index < -0.39 is 25.1 Å². The lowest BCUT2D eigenvalue weighted by Gasteiger charge is -2.41. The first-order valence-corrected chi connectivity index (χ1v) is 15.1. The summed E-state index contributed by atoms with van der Waals surface area (Å²) in [5.41, 5.74) is 3.72. The number of halogens is 1. The zero-order valence-electron chi connectivity index (χ0n) is 22.8. The standard InChI is InChI=1S/C30H34BIN2O6/c1-17-12-22-26(21-15-24(40-31(38)27(17)21)19-13-23(32)28(35)25(14-19)39-2)30(37)34(29(22)36)20-8-10-33(11-9-20)16-18-6-4-3-5-7-18/h3-7,13-14,20-22,24,26,35,38H,8-12,15-16H2,1-2H3/t21-,22-,24-,26+/m0/s1. The molecule has 3 fully saturated rings. The van der Waals surface area contributed by atoms with Gasteiger partial charge in [0.15, 0.2) is 11.5 Å². The summed E-state index contributed by atoms with van der Waals surface area (Å²) in [5, 5.41) is 21.4. The number of fused-ring (bicyclic) bond motifs is 3. The van der Waals surface area contributed by atoms with Gasteiger partial charge in [0.2, 0.25) is 11.8 Å². The van der Waals surface area contributed by atoms with E-state index in [9.17, 15) is 19.7 Å². The summed E-state index contributed by atoms with van der Waals surface area (Å²) in [6.07, 6.45) is 1.98. The van der Waals surface area contributed by atoms with Crippen molar-refractivity contribution in [1.82, 2.24) is 9.80 Å². The molecular weight excluding hydrogens is 622 g/mol. The maximum absolute atomic E-state index is 14.0. The summed E-state index contributed by atoms with van der Waals surface area (Å²) >= 11 is 2.04. The molecule has 0 spiro atoms. The molecule has 10 heteroatoms. The summed E-state index contributed by atoms with van der Waals surface area (Å²) in [6.45, 7) is 4.50. The van der Waals surface area contributed by atoms with E-state index in [1.165, 1.54) is 12.7 Å². The number of phenolic OH excluding ortho intramolecular Hbond substituents is 1. The fourth-order valence-corrected chi connectivity index (χ4v) is 7.89. The number of likely N-dealkylation sites (tertiary alicyclic amines) is 2. The predicted octanol–water partition coefficient (Wildman–Crippen LogP) is 4.09. The first kappa shape index (κ1) is 27.7. The van der Waals surface area contributed by atoms with Crippen molar-refractivity contribution in [1.29, 1.82) is 0 Å². The number of carbonyl (C=O) groups excluding carboxylic acids is 2. The minimum atomic E-state index is -1.15. The highest BCUT2D eigenvalue weighted by atomic mass is 127. The number of piperidine rings is 1. The zero-order chi connectivity index (χ0) is 28.1. The number of amides is 2. The molecule has 40 heavy (non-hydrogen) atoms. The second kappa shape index (κ2) is 11.1. The van der Waals surface area contributed by atoms with E-state index >= 15 is 0 Å². The molecular formula is C30H34BIN2O6. The average molecular weight is 656 g/mol. The van der Waals surface area contributed by atoms with Crippen LogP contribution in [0.4, 0.5) is 0 Å². The Morgan fingerprint density at radius 3 is 2.52 bits per heavy atom. The molecule has 0 unspecified atom stereocenters. The average Bonchev–Trinajstić information content (AvgIpc) is 3.20. The van der Waals surface area contributed by atoms with E-state index in [0.717, 1.165) is 49.1 Å². The van der Waals surface area contributed by atoms with Gasteiger partial charge in [0, 0.05) is 25.7 Å². The second-order valence-electron chi connectivity index (χ2n) is 11.5. The van der Waals surface area contributed by atoms with Crippen LogP contribution in [0.15, 0.2) is 53.5 Å². The number of ether oxygens (including phenoxy) is 1. The van der Waals surface area contributed by atoms with Gasteiger partial charge in [0.05, 0.1) is 28.6 Å². The van der Waals surface area contributed by atoms with E-state index in [1.54, 1.807) is 11.0 Å². The molecule has 3 aliphatic heterocycles. The highest BCUT2D eigenvalue weighted by Gasteiger charge is 2.58. The number of hydrogen-bond donors (Lipinski definition) is 2. The summed E-state index contributed by atoms with van der Waals surface area (Å²) in [7, 11) is 0.339. The smallest absolute Gasteiger partial charge is 0.487 e. The highest BCUT2D eigenvalue weighted by Crippen LogP contribution is 2.52. The fraction of sp³-hybridized carbons (Fsp3) is 0.467. The summed E-state index contributed by atoms with van der Waals surface area (Å²) in [4.78, 5) is 31.8.